The van der Waals surface area contributed by atoms with Gasteiger partial charge in [-0.1, -0.05) is 6.92 Å². The van der Waals surface area contributed by atoms with Gasteiger partial charge in [0, 0.05) is 24.5 Å². The van der Waals surface area contributed by atoms with Gasteiger partial charge in [0.2, 0.25) is 0 Å². The second-order valence-electron chi connectivity index (χ2n) is 5.19. The van der Waals surface area contributed by atoms with Crippen molar-refractivity contribution in [1.29, 1.82) is 0 Å². The minimum absolute atomic E-state index is 0.0530. The van der Waals surface area contributed by atoms with Crippen LogP contribution in [0.15, 0.2) is 17.0 Å². The van der Waals surface area contributed by atoms with Gasteiger partial charge in [0.15, 0.2) is 0 Å². The van der Waals surface area contributed by atoms with Crippen LogP contribution in [-0.2, 0) is 11.2 Å². The third kappa shape index (κ3) is 4.17. The van der Waals surface area contributed by atoms with Crippen molar-refractivity contribution in [3.05, 3.63) is 29.3 Å². The maximum Gasteiger partial charge on any atom is 0.140 e. The predicted molar refractivity (Wildman–Crippen MR) is 78.0 cm³/mol. The lowest BCUT2D eigenvalue weighted by Crippen LogP contribution is -2.21. The van der Waals surface area contributed by atoms with Crippen LogP contribution in [0.2, 0.25) is 0 Å². The molecule has 1 atom stereocenters. The highest BCUT2D eigenvalue weighted by molar-refractivity contribution is 8.00. The van der Waals surface area contributed by atoms with Gasteiger partial charge >= 0.3 is 0 Å². The van der Waals surface area contributed by atoms with Gasteiger partial charge < -0.3 is 10.5 Å². The van der Waals surface area contributed by atoms with Crippen LogP contribution in [0.25, 0.3) is 0 Å². The summed E-state index contributed by atoms with van der Waals surface area (Å²) < 4.78 is 33.4. The zero-order valence-electron chi connectivity index (χ0n) is 11.7. The highest BCUT2D eigenvalue weighted by Crippen LogP contribution is 2.34. The number of hydrogen-bond acceptors (Lipinski definition) is 3. The standard InChI is InChI=1S/C15H21F2NOS/c1-2-11(18)7-10-8-13(16)15(14(17)9-10)20-12-3-5-19-6-4-12/h8-9,11-12H,2-7,18H2,1H3. The van der Waals surface area contributed by atoms with E-state index in [1.807, 2.05) is 6.92 Å². The van der Waals surface area contributed by atoms with E-state index in [1.54, 1.807) is 0 Å². The lowest BCUT2D eigenvalue weighted by Gasteiger charge is -2.22. The number of nitrogens with two attached hydrogens (primary N) is 1. The molecule has 112 valence electrons. The molecule has 2 rings (SSSR count). The average Bonchev–Trinajstić information content (AvgIpc) is 2.44. The molecular formula is C15H21F2NOS. The fourth-order valence-electron chi connectivity index (χ4n) is 2.25. The van der Waals surface area contributed by atoms with Crippen molar-refractivity contribution >= 4 is 11.8 Å². The number of thioether (sulfide) groups is 1. The largest absolute Gasteiger partial charge is 0.381 e. The summed E-state index contributed by atoms with van der Waals surface area (Å²) in [5.41, 5.74) is 6.46. The van der Waals surface area contributed by atoms with Crippen LogP contribution in [0.1, 0.15) is 31.7 Å². The molecule has 0 radical (unpaired) electrons. The Morgan fingerprint density at radius 3 is 2.45 bits per heavy atom. The SMILES string of the molecule is CCC(N)Cc1cc(F)c(SC2CCOCC2)c(F)c1. The number of benzene rings is 1. The number of rotatable bonds is 5. The molecule has 0 amide bonds. The molecule has 20 heavy (non-hydrogen) atoms. The zero-order valence-corrected chi connectivity index (χ0v) is 12.5. The van der Waals surface area contributed by atoms with Crippen molar-refractivity contribution in [3.8, 4) is 0 Å². The van der Waals surface area contributed by atoms with Gasteiger partial charge in [-0.3, -0.25) is 0 Å². The summed E-state index contributed by atoms with van der Waals surface area (Å²) in [6, 6.07) is 2.78. The van der Waals surface area contributed by atoms with E-state index in [0.29, 0.717) is 25.2 Å². The molecule has 1 saturated heterocycles. The molecule has 1 fully saturated rings. The highest BCUT2D eigenvalue weighted by atomic mass is 32.2. The van der Waals surface area contributed by atoms with Gasteiger partial charge in [0.05, 0.1) is 4.90 Å². The van der Waals surface area contributed by atoms with Crippen LogP contribution in [-0.4, -0.2) is 24.5 Å². The van der Waals surface area contributed by atoms with Crippen LogP contribution in [0.5, 0.6) is 0 Å². The second kappa shape index (κ2) is 7.38. The molecule has 0 spiro atoms. The van der Waals surface area contributed by atoms with Crippen molar-refractivity contribution in [3.63, 3.8) is 0 Å². The first kappa shape index (κ1) is 15.7. The van der Waals surface area contributed by atoms with Crippen molar-refractivity contribution in [1.82, 2.24) is 0 Å². The molecule has 1 aliphatic heterocycles. The van der Waals surface area contributed by atoms with Crippen LogP contribution < -0.4 is 5.73 Å². The van der Waals surface area contributed by atoms with Gasteiger partial charge in [-0.15, -0.1) is 11.8 Å². The molecule has 2 nitrogen and oxygen atoms in total. The summed E-state index contributed by atoms with van der Waals surface area (Å²) in [4.78, 5) is 0.130. The van der Waals surface area contributed by atoms with Crippen LogP contribution in [0.4, 0.5) is 8.78 Å². The molecular weight excluding hydrogens is 280 g/mol. The van der Waals surface area contributed by atoms with Crippen molar-refractivity contribution in [2.24, 2.45) is 5.73 Å². The Bertz CT molecular complexity index is 426. The fourth-order valence-corrected chi connectivity index (χ4v) is 3.35. The van der Waals surface area contributed by atoms with Gasteiger partial charge in [0.1, 0.15) is 11.6 Å². The lowest BCUT2D eigenvalue weighted by molar-refractivity contribution is 0.1000. The summed E-state index contributed by atoms with van der Waals surface area (Å²) in [5, 5.41) is 0.233. The molecule has 2 N–H and O–H groups in total. The van der Waals surface area contributed by atoms with Gasteiger partial charge in [0.25, 0.3) is 0 Å². The highest BCUT2D eigenvalue weighted by Gasteiger charge is 2.20. The molecule has 0 aromatic heterocycles. The molecule has 0 aliphatic carbocycles. The second-order valence-corrected chi connectivity index (χ2v) is 6.50. The maximum atomic E-state index is 14.1. The minimum atomic E-state index is -0.472. The molecule has 0 saturated carbocycles. The van der Waals surface area contributed by atoms with Gasteiger partial charge in [-0.25, -0.2) is 8.78 Å². The van der Waals surface area contributed by atoms with E-state index < -0.39 is 11.6 Å². The summed E-state index contributed by atoms with van der Waals surface area (Å²) in [7, 11) is 0. The Morgan fingerprint density at radius 2 is 1.90 bits per heavy atom. The van der Waals surface area contributed by atoms with Crippen molar-refractivity contribution in [2.75, 3.05) is 13.2 Å². The van der Waals surface area contributed by atoms with E-state index in [4.69, 9.17) is 10.5 Å². The molecule has 1 aliphatic rings. The smallest absolute Gasteiger partial charge is 0.140 e. The number of halogens is 2. The Labute approximate surface area is 123 Å². The number of ether oxygens (including phenoxy) is 1. The minimum Gasteiger partial charge on any atom is -0.381 e. The van der Waals surface area contributed by atoms with Crippen molar-refractivity contribution < 1.29 is 13.5 Å². The van der Waals surface area contributed by atoms with Gasteiger partial charge in [-0.2, -0.15) is 0 Å². The monoisotopic (exact) mass is 301 g/mol. The van der Waals surface area contributed by atoms with E-state index in [-0.39, 0.29) is 16.2 Å². The quantitative estimate of drug-likeness (QED) is 0.904. The first-order valence-corrected chi connectivity index (χ1v) is 7.96. The molecule has 0 bridgehead atoms. The van der Waals surface area contributed by atoms with Crippen molar-refractivity contribution in [2.45, 2.75) is 48.8 Å². The third-order valence-corrected chi connectivity index (χ3v) is 4.96. The van der Waals surface area contributed by atoms with Crippen LogP contribution >= 0.6 is 11.8 Å². The molecule has 1 aromatic carbocycles. The van der Waals surface area contributed by atoms with E-state index in [1.165, 1.54) is 23.9 Å². The number of hydrogen-bond donors (Lipinski definition) is 1. The third-order valence-electron chi connectivity index (χ3n) is 3.53. The van der Waals surface area contributed by atoms with E-state index in [9.17, 15) is 8.78 Å². The van der Waals surface area contributed by atoms with E-state index in [2.05, 4.69) is 0 Å². The normalized spacial score (nSPS) is 18.2. The molecule has 1 aromatic rings. The Kier molecular flexibility index (Phi) is 5.81. The lowest BCUT2D eigenvalue weighted by atomic mass is 10.0. The average molecular weight is 301 g/mol. The Morgan fingerprint density at radius 1 is 1.30 bits per heavy atom. The maximum absolute atomic E-state index is 14.1. The summed E-state index contributed by atoms with van der Waals surface area (Å²) >= 11 is 1.29. The molecule has 1 heterocycles. The first-order chi connectivity index (χ1) is 9.60. The Balaban J connectivity index is 2.09. The van der Waals surface area contributed by atoms with Crippen LogP contribution in [0.3, 0.4) is 0 Å². The predicted octanol–water partition coefficient (Wildman–Crippen LogP) is 3.52. The molecule has 5 heteroatoms. The summed E-state index contributed by atoms with van der Waals surface area (Å²) in [5.74, 6) is -0.945. The summed E-state index contributed by atoms with van der Waals surface area (Å²) in [6.07, 6.45) is 2.98. The molecule has 1 unspecified atom stereocenters. The first-order valence-electron chi connectivity index (χ1n) is 7.08. The topological polar surface area (TPSA) is 35.2 Å². The van der Waals surface area contributed by atoms with Gasteiger partial charge in [-0.05, 0) is 43.4 Å². The van der Waals surface area contributed by atoms with E-state index >= 15 is 0 Å². The summed E-state index contributed by atoms with van der Waals surface area (Å²) in [6.45, 7) is 3.31. The fraction of sp³-hybridized carbons (Fsp3) is 0.600. The Hall–Kier alpha value is -0.650. The van der Waals surface area contributed by atoms with Crippen LogP contribution in [0, 0.1) is 11.6 Å². The zero-order chi connectivity index (χ0) is 14.5. The van der Waals surface area contributed by atoms with E-state index in [0.717, 1.165) is 19.3 Å².